The van der Waals surface area contributed by atoms with E-state index >= 15 is 0 Å². The number of ether oxygens (including phenoxy) is 2. The van der Waals surface area contributed by atoms with Crippen LogP contribution in [-0.2, 0) is 25.5 Å². The summed E-state index contributed by atoms with van der Waals surface area (Å²) in [5.74, 6) is -2.31. The van der Waals surface area contributed by atoms with Crippen molar-refractivity contribution >= 4 is 55.0 Å². The Morgan fingerprint density at radius 1 is 0.676 bits per heavy atom. The van der Waals surface area contributed by atoms with Crippen LogP contribution in [0.15, 0.2) is 92.0 Å². The minimum atomic E-state index is -1.07. The first-order chi connectivity index (χ1) is 16.6. The van der Waals surface area contributed by atoms with Crippen LogP contribution in [0.5, 0.6) is 0 Å². The van der Waals surface area contributed by atoms with E-state index in [1.807, 2.05) is 18.2 Å². The molecular weight excluding hydrogens is 424 g/mol. The molecule has 0 atom stereocenters. The highest BCUT2D eigenvalue weighted by atomic mass is 16.6. The molecule has 0 radical (unpaired) electrons. The topological polar surface area (TPSA) is 52.6 Å². The van der Waals surface area contributed by atoms with Crippen molar-refractivity contribution in [3.8, 4) is 0 Å². The van der Waals surface area contributed by atoms with Gasteiger partial charge in [0.05, 0.1) is 0 Å². The normalized spacial score (nSPS) is 11.4. The van der Waals surface area contributed by atoms with Crippen molar-refractivity contribution in [2.45, 2.75) is 6.42 Å². The molecule has 34 heavy (non-hydrogen) atoms. The summed E-state index contributed by atoms with van der Waals surface area (Å²) < 4.78 is 10.4. The molecule has 0 amide bonds. The highest BCUT2D eigenvalue weighted by Gasteiger charge is 2.30. The van der Waals surface area contributed by atoms with Gasteiger partial charge in [0.25, 0.3) is 0 Å². The maximum atomic E-state index is 12.7. The van der Waals surface area contributed by atoms with Gasteiger partial charge in [-0.3, -0.25) is 9.59 Å². The Bertz CT molecular complexity index is 1490. The molecule has 4 nitrogen and oxygen atoms in total. The van der Waals surface area contributed by atoms with Crippen LogP contribution in [0.2, 0.25) is 0 Å². The minimum Gasteiger partial charge on any atom is -0.461 e. The molecule has 0 aliphatic carbocycles. The van der Waals surface area contributed by atoms with Gasteiger partial charge in [-0.25, -0.2) is 0 Å². The van der Waals surface area contributed by atoms with Gasteiger partial charge >= 0.3 is 11.9 Å². The Hall–Kier alpha value is -4.18. The van der Waals surface area contributed by atoms with Crippen LogP contribution in [0.3, 0.4) is 0 Å². The SMILES string of the molecule is C=CCOC(=O)C(Cc1ccc2c3cccc4cccc(c5cccc1c52)c43)C(=O)OCC=C. The largest absolute Gasteiger partial charge is 0.461 e. The molecule has 4 heteroatoms. The van der Waals surface area contributed by atoms with E-state index in [2.05, 4.69) is 61.7 Å². The van der Waals surface area contributed by atoms with Gasteiger partial charge < -0.3 is 9.47 Å². The molecule has 5 aromatic rings. The van der Waals surface area contributed by atoms with Gasteiger partial charge in [0, 0.05) is 0 Å². The van der Waals surface area contributed by atoms with Crippen LogP contribution in [0.25, 0.3) is 43.1 Å². The lowest BCUT2D eigenvalue weighted by atomic mass is 9.86. The molecule has 0 bridgehead atoms. The van der Waals surface area contributed by atoms with Crippen molar-refractivity contribution in [1.29, 1.82) is 0 Å². The van der Waals surface area contributed by atoms with Gasteiger partial charge in [-0.05, 0) is 55.1 Å². The molecule has 0 heterocycles. The highest BCUT2D eigenvalue weighted by molar-refractivity contribution is 6.33. The lowest BCUT2D eigenvalue weighted by Gasteiger charge is -2.18. The Labute approximate surface area is 197 Å². The van der Waals surface area contributed by atoms with Crippen molar-refractivity contribution in [1.82, 2.24) is 0 Å². The number of hydrogen-bond donors (Lipinski definition) is 0. The maximum Gasteiger partial charge on any atom is 0.320 e. The standard InChI is InChI=1S/C30H24O4/c1-3-16-33-29(31)26(30(32)34-17-4-2)18-20-14-15-25-23-12-6-9-19-8-5-11-22(27(19)23)24-13-7-10-21(20)28(24)25/h3-15,26H,1-2,16-18H2. The van der Waals surface area contributed by atoms with E-state index in [4.69, 9.17) is 9.47 Å². The van der Waals surface area contributed by atoms with Crippen molar-refractivity contribution in [2.75, 3.05) is 13.2 Å². The molecule has 5 aromatic carbocycles. The van der Waals surface area contributed by atoms with Crippen LogP contribution in [0.1, 0.15) is 5.56 Å². The smallest absolute Gasteiger partial charge is 0.320 e. The predicted molar refractivity (Wildman–Crippen MR) is 137 cm³/mol. The van der Waals surface area contributed by atoms with Crippen LogP contribution < -0.4 is 0 Å². The zero-order valence-corrected chi connectivity index (χ0v) is 18.8. The van der Waals surface area contributed by atoms with Gasteiger partial charge in [0.15, 0.2) is 5.92 Å². The third kappa shape index (κ3) is 3.57. The monoisotopic (exact) mass is 448 g/mol. The Balaban J connectivity index is 1.68. The third-order valence-corrected chi connectivity index (χ3v) is 6.30. The number of fused-ring (bicyclic) bond motifs is 2. The van der Waals surface area contributed by atoms with E-state index in [0.29, 0.717) is 0 Å². The fraction of sp³-hybridized carbons (Fsp3) is 0.133. The van der Waals surface area contributed by atoms with E-state index in [-0.39, 0.29) is 19.6 Å². The number of benzene rings is 5. The molecule has 0 saturated heterocycles. The minimum absolute atomic E-state index is 0.0364. The fourth-order valence-corrected chi connectivity index (χ4v) is 4.85. The molecule has 0 aromatic heterocycles. The molecule has 0 N–H and O–H groups in total. The predicted octanol–water partition coefficient (Wildman–Crippen LogP) is 6.35. The lowest BCUT2D eigenvalue weighted by molar-refractivity contribution is -0.160. The zero-order valence-electron chi connectivity index (χ0n) is 18.8. The third-order valence-electron chi connectivity index (χ3n) is 6.30. The number of rotatable bonds is 8. The van der Waals surface area contributed by atoms with Gasteiger partial charge in [0.1, 0.15) is 13.2 Å². The molecule has 0 aliphatic rings. The average Bonchev–Trinajstić information content (AvgIpc) is 2.87. The molecular formula is C30H24O4. The van der Waals surface area contributed by atoms with Gasteiger partial charge in [-0.1, -0.05) is 92.0 Å². The molecule has 0 unspecified atom stereocenters. The lowest BCUT2D eigenvalue weighted by Crippen LogP contribution is -2.30. The van der Waals surface area contributed by atoms with Crippen LogP contribution in [0, 0.1) is 5.92 Å². The molecule has 5 rings (SSSR count). The van der Waals surface area contributed by atoms with Crippen LogP contribution in [0.4, 0.5) is 0 Å². The van der Waals surface area contributed by atoms with Crippen LogP contribution >= 0.6 is 0 Å². The van der Waals surface area contributed by atoms with Crippen molar-refractivity contribution in [3.05, 3.63) is 97.6 Å². The quantitative estimate of drug-likeness (QED) is 0.0912. The molecule has 0 aliphatic heterocycles. The van der Waals surface area contributed by atoms with E-state index in [1.54, 1.807) is 0 Å². The van der Waals surface area contributed by atoms with Gasteiger partial charge in [0.2, 0.25) is 0 Å². The fourth-order valence-electron chi connectivity index (χ4n) is 4.85. The second kappa shape index (κ2) is 8.99. The van der Waals surface area contributed by atoms with E-state index < -0.39 is 17.9 Å². The number of carbonyl (C=O) groups excluding carboxylic acids is 2. The summed E-state index contributed by atoms with van der Waals surface area (Å²) in [6, 6.07) is 23.0. The van der Waals surface area contributed by atoms with Gasteiger partial charge in [-0.2, -0.15) is 0 Å². The maximum absolute atomic E-state index is 12.7. The second-order valence-corrected chi connectivity index (χ2v) is 8.30. The van der Waals surface area contributed by atoms with Crippen molar-refractivity contribution < 1.29 is 19.1 Å². The van der Waals surface area contributed by atoms with Crippen molar-refractivity contribution in [3.63, 3.8) is 0 Å². The molecule has 0 spiro atoms. The summed E-state index contributed by atoms with van der Waals surface area (Å²) >= 11 is 0. The first-order valence-electron chi connectivity index (χ1n) is 11.3. The molecule has 168 valence electrons. The summed E-state index contributed by atoms with van der Waals surface area (Å²) in [6.07, 6.45) is 3.13. The Morgan fingerprint density at radius 3 is 1.76 bits per heavy atom. The summed E-state index contributed by atoms with van der Waals surface area (Å²) in [5, 5.41) is 9.28. The summed E-state index contributed by atoms with van der Waals surface area (Å²) in [6.45, 7) is 7.22. The van der Waals surface area contributed by atoms with E-state index in [0.717, 1.165) is 27.1 Å². The van der Waals surface area contributed by atoms with Gasteiger partial charge in [-0.15, -0.1) is 0 Å². The van der Waals surface area contributed by atoms with E-state index in [1.165, 1.54) is 33.7 Å². The number of esters is 2. The summed E-state index contributed by atoms with van der Waals surface area (Å²) in [5.41, 5.74) is 0.892. The van der Waals surface area contributed by atoms with E-state index in [9.17, 15) is 9.59 Å². The number of hydrogen-bond acceptors (Lipinski definition) is 4. The molecule has 0 saturated carbocycles. The van der Waals surface area contributed by atoms with Crippen LogP contribution in [-0.4, -0.2) is 25.2 Å². The summed E-state index contributed by atoms with van der Waals surface area (Å²) in [4.78, 5) is 25.5. The zero-order chi connectivity index (χ0) is 23.7. The Morgan fingerprint density at radius 2 is 1.18 bits per heavy atom. The first kappa shape index (κ1) is 21.7. The number of carbonyl (C=O) groups is 2. The second-order valence-electron chi connectivity index (χ2n) is 8.30. The molecule has 0 fully saturated rings. The van der Waals surface area contributed by atoms with Crippen molar-refractivity contribution in [2.24, 2.45) is 5.92 Å². The first-order valence-corrected chi connectivity index (χ1v) is 11.3. The summed E-state index contributed by atoms with van der Waals surface area (Å²) in [7, 11) is 0. The highest BCUT2D eigenvalue weighted by Crippen LogP contribution is 2.41. The Kier molecular flexibility index (Phi) is 5.72. The average molecular weight is 449 g/mol.